The molecular formula is C22H30ClN5O3. The number of hydrogen-bond donors (Lipinski definition) is 2. The molecule has 0 atom stereocenters. The molecule has 1 spiro atoms. The van der Waals surface area contributed by atoms with Crippen molar-refractivity contribution in [3.63, 3.8) is 0 Å². The Kier molecular flexibility index (Phi) is 6.50. The second-order valence-corrected chi connectivity index (χ2v) is 9.40. The van der Waals surface area contributed by atoms with Crippen molar-refractivity contribution in [2.24, 2.45) is 5.92 Å². The van der Waals surface area contributed by atoms with E-state index in [1.807, 2.05) is 12.1 Å². The molecule has 2 N–H and O–H groups in total. The van der Waals surface area contributed by atoms with E-state index < -0.39 is 5.54 Å². The number of rotatable bonds is 5. The van der Waals surface area contributed by atoms with Crippen LogP contribution in [-0.4, -0.2) is 77.5 Å². The maximum atomic E-state index is 13.0. The fourth-order valence-corrected chi connectivity index (χ4v) is 4.83. The smallest absolute Gasteiger partial charge is 0.324 e. The van der Waals surface area contributed by atoms with E-state index >= 15 is 0 Å². The Morgan fingerprint density at radius 1 is 1.13 bits per heavy atom. The van der Waals surface area contributed by atoms with Crippen molar-refractivity contribution in [3.8, 4) is 0 Å². The Labute approximate surface area is 187 Å². The minimum Gasteiger partial charge on any atom is -0.324 e. The van der Waals surface area contributed by atoms with Crippen LogP contribution in [0.2, 0.25) is 5.02 Å². The Morgan fingerprint density at radius 3 is 2.45 bits per heavy atom. The molecule has 2 saturated heterocycles. The van der Waals surface area contributed by atoms with E-state index in [9.17, 15) is 14.4 Å². The van der Waals surface area contributed by atoms with Crippen LogP contribution in [0.25, 0.3) is 0 Å². The van der Waals surface area contributed by atoms with Crippen molar-refractivity contribution in [3.05, 3.63) is 29.3 Å². The summed E-state index contributed by atoms with van der Waals surface area (Å²) in [6.45, 7) is 5.57. The molecule has 0 radical (unpaired) electrons. The summed E-state index contributed by atoms with van der Waals surface area (Å²) in [6.07, 6.45) is 3.39. The number of amides is 4. The summed E-state index contributed by atoms with van der Waals surface area (Å²) in [7, 11) is 0. The van der Waals surface area contributed by atoms with Crippen molar-refractivity contribution in [2.45, 2.75) is 38.1 Å². The topological polar surface area (TPSA) is 85.0 Å². The summed E-state index contributed by atoms with van der Waals surface area (Å²) in [5.41, 5.74) is -0.0835. The van der Waals surface area contributed by atoms with Gasteiger partial charge in [0.2, 0.25) is 5.91 Å². The van der Waals surface area contributed by atoms with E-state index in [0.29, 0.717) is 49.5 Å². The third-order valence-corrected chi connectivity index (χ3v) is 7.02. The first-order valence-corrected chi connectivity index (χ1v) is 11.4. The fourth-order valence-electron chi connectivity index (χ4n) is 4.64. The maximum Gasteiger partial charge on any atom is 0.326 e. The highest BCUT2D eigenvalue weighted by Gasteiger charge is 2.52. The summed E-state index contributed by atoms with van der Waals surface area (Å²) >= 11 is 6.10. The first-order chi connectivity index (χ1) is 14.9. The number of benzene rings is 1. The maximum absolute atomic E-state index is 13.0. The Hall–Kier alpha value is -2.16. The lowest BCUT2D eigenvalue weighted by Gasteiger charge is -2.36. The summed E-state index contributed by atoms with van der Waals surface area (Å²) in [4.78, 5) is 43.4. The molecule has 1 aliphatic carbocycles. The van der Waals surface area contributed by atoms with Gasteiger partial charge in [0.15, 0.2) is 0 Å². The van der Waals surface area contributed by atoms with Gasteiger partial charge in [-0.2, -0.15) is 0 Å². The van der Waals surface area contributed by atoms with Crippen molar-refractivity contribution in [1.82, 2.24) is 20.0 Å². The molecule has 4 rings (SSSR count). The largest absolute Gasteiger partial charge is 0.326 e. The predicted molar refractivity (Wildman–Crippen MR) is 119 cm³/mol. The number of anilines is 1. The highest BCUT2D eigenvalue weighted by Crippen LogP contribution is 2.36. The highest BCUT2D eigenvalue weighted by molar-refractivity contribution is 6.33. The van der Waals surface area contributed by atoms with Crippen LogP contribution in [0.15, 0.2) is 24.3 Å². The van der Waals surface area contributed by atoms with Gasteiger partial charge in [-0.15, -0.1) is 0 Å². The second kappa shape index (κ2) is 9.14. The lowest BCUT2D eigenvalue weighted by molar-refractivity contribution is -0.134. The highest BCUT2D eigenvalue weighted by atomic mass is 35.5. The molecule has 0 aromatic heterocycles. The van der Waals surface area contributed by atoms with Crippen LogP contribution >= 0.6 is 11.6 Å². The third kappa shape index (κ3) is 4.86. The van der Waals surface area contributed by atoms with Crippen LogP contribution in [0.1, 0.15) is 32.6 Å². The van der Waals surface area contributed by atoms with Gasteiger partial charge in [-0.05, 0) is 43.7 Å². The van der Waals surface area contributed by atoms with E-state index in [4.69, 9.17) is 11.6 Å². The molecule has 168 valence electrons. The summed E-state index contributed by atoms with van der Waals surface area (Å²) in [6, 6.07) is 6.88. The monoisotopic (exact) mass is 447 g/mol. The van der Waals surface area contributed by atoms with Crippen LogP contribution in [0.3, 0.4) is 0 Å². The van der Waals surface area contributed by atoms with Crippen molar-refractivity contribution in [1.29, 1.82) is 0 Å². The van der Waals surface area contributed by atoms with Gasteiger partial charge in [0.25, 0.3) is 5.91 Å². The number of halogens is 1. The molecule has 1 aromatic carbocycles. The number of nitrogens with one attached hydrogen (secondary N) is 2. The Morgan fingerprint density at radius 2 is 1.77 bits per heavy atom. The Bertz CT molecular complexity index is 847. The minimum absolute atomic E-state index is 0.0778. The summed E-state index contributed by atoms with van der Waals surface area (Å²) in [5.74, 6) is 0.419. The SMILES string of the molecule is CC1CCC2(CC1)NC(=O)N(CN1CCN(CC(=O)Nc3ccccc3Cl)CC1)C2=O. The molecule has 4 amide bonds. The fraction of sp³-hybridized carbons (Fsp3) is 0.591. The van der Waals surface area contributed by atoms with Crippen LogP contribution < -0.4 is 10.6 Å². The number of carbonyl (C=O) groups is 3. The number of nitrogens with zero attached hydrogens (tertiary/aromatic N) is 3. The number of urea groups is 1. The van der Waals surface area contributed by atoms with Gasteiger partial charge < -0.3 is 10.6 Å². The molecule has 1 saturated carbocycles. The van der Waals surface area contributed by atoms with Crippen molar-refractivity contribution >= 4 is 35.1 Å². The second-order valence-electron chi connectivity index (χ2n) is 8.99. The van der Waals surface area contributed by atoms with Crippen LogP contribution in [-0.2, 0) is 9.59 Å². The van der Waals surface area contributed by atoms with E-state index in [1.54, 1.807) is 12.1 Å². The number of piperazine rings is 1. The van der Waals surface area contributed by atoms with Crippen LogP contribution in [0.4, 0.5) is 10.5 Å². The van der Waals surface area contributed by atoms with E-state index in [0.717, 1.165) is 25.7 Å². The van der Waals surface area contributed by atoms with Gasteiger partial charge in [-0.3, -0.25) is 19.4 Å². The molecule has 2 heterocycles. The molecule has 8 nitrogen and oxygen atoms in total. The number of imide groups is 1. The van der Waals surface area contributed by atoms with Gasteiger partial charge in [0.05, 0.1) is 23.9 Å². The van der Waals surface area contributed by atoms with E-state index in [2.05, 4.69) is 27.4 Å². The molecule has 2 aliphatic heterocycles. The molecule has 0 unspecified atom stereocenters. The molecule has 0 bridgehead atoms. The zero-order chi connectivity index (χ0) is 22.0. The molecular weight excluding hydrogens is 418 g/mol. The number of para-hydroxylation sites is 1. The van der Waals surface area contributed by atoms with Crippen molar-refractivity contribution < 1.29 is 14.4 Å². The lowest BCUT2D eigenvalue weighted by Crippen LogP contribution is -2.53. The lowest BCUT2D eigenvalue weighted by atomic mass is 9.77. The van der Waals surface area contributed by atoms with E-state index in [-0.39, 0.29) is 24.4 Å². The van der Waals surface area contributed by atoms with Crippen molar-refractivity contribution in [2.75, 3.05) is 44.7 Å². The molecule has 31 heavy (non-hydrogen) atoms. The van der Waals surface area contributed by atoms with Crippen LogP contribution in [0.5, 0.6) is 0 Å². The first-order valence-electron chi connectivity index (χ1n) is 11.0. The van der Waals surface area contributed by atoms with Crippen LogP contribution in [0, 0.1) is 5.92 Å². The molecule has 3 fully saturated rings. The van der Waals surface area contributed by atoms with Gasteiger partial charge >= 0.3 is 6.03 Å². The number of hydrogen-bond acceptors (Lipinski definition) is 5. The summed E-state index contributed by atoms with van der Waals surface area (Å²) < 4.78 is 0. The predicted octanol–water partition coefficient (Wildman–Crippen LogP) is 2.35. The zero-order valence-electron chi connectivity index (χ0n) is 17.9. The Balaban J connectivity index is 1.25. The molecule has 1 aromatic rings. The first kappa shape index (κ1) is 22.0. The normalized spacial score (nSPS) is 27.5. The number of carbonyl (C=O) groups excluding carboxylic acids is 3. The summed E-state index contributed by atoms with van der Waals surface area (Å²) in [5, 5.41) is 6.33. The van der Waals surface area contributed by atoms with Gasteiger partial charge in [-0.1, -0.05) is 30.7 Å². The standard InChI is InChI=1S/C22H30ClN5O3/c1-16-6-8-22(9-7-16)20(30)28(21(31)25-22)15-27-12-10-26(11-13-27)14-19(29)24-18-5-3-2-4-17(18)23/h2-5,16H,6-15H2,1H3,(H,24,29)(H,25,31). The average Bonchev–Trinajstić information content (AvgIpc) is 2.97. The zero-order valence-corrected chi connectivity index (χ0v) is 18.7. The molecule has 9 heteroatoms. The minimum atomic E-state index is -0.692. The molecule has 3 aliphatic rings. The van der Waals surface area contributed by atoms with Gasteiger partial charge in [0.1, 0.15) is 5.54 Å². The average molecular weight is 448 g/mol. The van der Waals surface area contributed by atoms with Gasteiger partial charge in [0, 0.05) is 26.2 Å². The van der Waals surface area contributed by atoms with Gasteiger partial charge in [-0.25, -0.2) is 9.69 Å². The van der Waals surface area contributed by atoms with E-state index in [1.165, 1.54) is 4.90 Å². The quantitative estimate of drug-likeness (QED) is 0.677. The third-order valence-electron chi connectivity index (χ3n) is 6.70.